The smallest absolute Gasteiger partial charge is 0.326 e. The van der Waals surface area contributed by atoms with Gasteiger partial charge in [-0.2, -0.15) is 13.2 Å². The summed E-state index contributed by atoms with van der Waals surface area (Å²) in [4.78, 5) is 11.8. The number of halogens is 4. The van der Waals surface area contributed by atoms with Crippen LogP contribution in [-0.2, 0) is 11.0 Å². The zero-order chi connectivity index (χ0) is 14.8. The quantitative estimate of drug-likeness (QED) is 0.809. The molecule has 1 aromatic carbocycles. The molecule has 1 aliphatic rings. The number of alkyl halides is 3. The number of hydrogen-bond donors (Lipinski definition) is 1. The first kappa shape index (κ1) is 14.9. The molecule has 0 fully saturated rings. The molecule has 0 saturated heterocycles. The maximum Gasteiger partial charge on any atom is 0.417 e. The molecule has 0 saturated carbocycles. The van der Waals surface area contributed by atoms with E-state index in [-0.39, 0.29) is 29.0 Å². The second-order valence-corrected chi connectivity index (χ2v) is 5.12. The number of amides is 1. The van der Waals surface area contributed by atoms with E-state index in [1.165, 1.54) is 6.07 Å². The minimum Gasteiger partial charge on any atom is -0.326 e. The standard InChI is InChI=1S/C14H13ClF3NO/c15-12-6-5-10(8-11(12)14(16,17)18)19-13(20)7-9-3-1-2-4-9/h1,3,5-6,8-9H,2,4,7H2,(H,19,20). The van der Waals surface area contributed by atoms with Crippen LogP contribution in [-0.4, -0.2) is 5.91 Å². The Balaban J connectivity index is 2.05. The fourth-order valence-corrected chi connectivity index (χ4v) is 2.36. The largest absolute Gasteiger partial charge is 0.417 e. The van der Waals surface area contributed by atoms with Gasteiger partial charge in [0.1, 0.15) is 0 Å². The van der Waals surface area contributed by atoms with Crippen LogP contribution in [0.15, 0.2) is 30.4 Å². The molecule has 1 aromatic rings. The van der Waals surface area contributed by atoms with Crippen molar-refractivity contribution in [2.24, 2.45) is 5.92 Å². The molecule has 1 N–H and O–H groups in total. The van der Waals surface area contributed by atoms with Gasteiger partial charge in [-0.3, -0.25) is 4.79 Å². The van der Waals surface area contributed by atoms with Gasteiger partial charge in [0, 0.05) is 12.1 Å². The highest BCUT2D eigenvalue weighted by Gasteiger charge is 2.33. The number of carbonyl (C=O) groups excluding carboxylic acids is 1. The monoisotopic (exact) mass is 303 g/mol. The Bertz CT molecular complexity index is 540. The Labute approximate surface area is 119 Å². The van der Waals surface area contributed by atoms with Gasteiger partial charge in [0.15, 0.2) is 0 Å². The van der Waals surface area contributed by atoms with Crippen LogP contribution in [0.3, 0.4) is 0 Å². The molecule has 0 heterocycles. The number of carbonyl (C=O) groups is 1. The summed E-state index contributed by atoms with van der Waals surface area (Å²) in [6, 6.07) is 3.35. The number of anilines is 1. The van der Waals surface area contributed by atoms with E-state index >= 15 is 0 Å². The summed E-state index contributed by atoms with van der Waals surface area (Å²) in [6.45, 7) is 0. The lowest BCUT2D eigenvalue weighted by Gasteiger charge is -2.12. The Hall–Kier alpha value is -1.49. The molecule has 0 aromatic heterocycles. The topological polar surface area (TPSA) is 29.1 Å². The van der Waals surface area contributed by atoms with E-state index in [1.54, 1.807) is 0 Å². The van der Waals surface area contributed by atoms with Crippen molar-refractivity contribution in [2.45, 2.75) is 25.4 Å². The maximum absolute atomic E-state index is 12.7. The highest BCUT2D eigenvalue weighted by molar-refractivity contribution is 6.31. The highest BCUT2D eigenvalue weighted by atomic mass is 35.5. The number of nitrogens with one attached hydrogen (secondary N) is 1. The third-order valence-electron chi connectivity index (χ3n) is 3.12. The molecule has 0 aliphatic heterocycles. The first-order chi connectivity index (χ1) is 9.36. The van der Waals surface area contributed by atoms with Gasteiger partial charge in [-0.1, -0.05) is 23.8 Å². The van der Waals surface area contributed by atoms with Gasteiger partial charge in [0.05, 0.1) is 10.6 Å². The van der Waals surface area contributed by atoms with Gasteiger partial charge in [0.2, 0.25) is 5.91 Å². The zero-order valence-electron chi connectivity index (χ0n) is 10.5. The van der Waals surface area contributed by atoms with E-state index in [9.17, 15) is 18.0 Å². The summed E-state index contributed by atoms with van der Waals surface area (Å²) in [7, 11) is 0. The molecule has 1 atom stereocenters. The van der Waals surface area contributed by atoms with Crippen LogP contribution < -0.4 is 5.32 Å². The summed E-state index contributed by atoms with van der Waals surface area (Å²) >= 11 is 5.51. The molecule has 1 aliphatic carbocycles. The molecule has 20 heavy (non-hydrogen) atoms. The number of allylic oxidation sites excluding steroid dienone is 2. The average molecular weight is 304 g/mol. The van der Waals surface area contributed by atoms with E-state index < -0.39 is 11.7 Å². The fourth-order valence-electron chi connectivity index (χ4n) is 2.14. The minimum atomic E-state index is -4.54. The van der Waals surface area contributed by atoms with E-state index in [0.29, 0.717) is 0 Å². The summed E-state index contributed by atoms with van der Waals surface area (Å²) in [5, 5.41) is 2.10. The number of rotatable bonds is 3. The van der Waals surface area contributed by atoms with Gasteiger partial charge in [-0.15, -0.1) is 0 Å². The lowest BCUT2D eigenvalue weighted by molar-refractivity contribution is -0.137. The van der Waals surface area contributed by atoms with Crippen LogP contribution in [0.2, 0.25) is 5.02 Å². The minimum absolute atomic E-state index is 0.105. The normalized spacial score (nSPS) is 18.3. The average Bonchev–Trinajstić information content (AvgIpc) is 2.83. The number of benzene rings is 1. The predicted octanol–water partition coefficient (Wildman–Crippen LogP) is 4.65. The molecule has 0 bridgehead atoms. The van der Waals surface area contributed by atoms with Crippen molar-refractivity contribution in [3.8, 4) is 0 Å². The molecule has 0 radical (unpaired) electrons. The van der Waals surface area contributed by atoms with Gasteiger partial charge >= 0.3 is 6.18 Å². The summed E-state index contributed by atoms with van der Waals surface area (Å²) in [5.41, 5.74) is -0.841. The summed E-state index contributed by atoms with van der Waals surface area (Å²) in [5.74, 6) is -0.124. The Kier molecular flexibility index (Phi) is 4.38. The van der Waals surface area contributed by atoms with Gasteiger partial charge in [0.25, 0.3) is 0 Å². The van der Waals surface area contributed by atoms with Crippen molar-refractivity contribution in [3.63, 3.8) is 0 Å². The first-order valence-electron chi connectivity index (χ1n) is 6.19. The van der Waals surface area contributed by atoms with Crippen LogP contribution in [0.4, 0.5) is 18.9 Å². The van der Waals surface area contributed by atoms with Gasteiger partial charge in [-0.05, 0) is 37.0 Å². The Morgan fingerprint density at radius 1 is 1.40 bits per heavy atom. The number of hydrogen-bond acceptors (Lipinski definition) is 1. The molecule has 0 spiro atoms. The third-order valence-corrected chi connectivity index (χ3v) is 3.45. The summed E-state index contributed by atoms with van der Waals surface area (Å²) < 4.78 is 38.1. The lowest BCUT2D eigenvalue weighted by atomic mass is 10.0. The fraction of sp³-hybridized carbons (Fsp3) is 0.357. The van der Waals surface area contributed by atoms with Crippen molar-refractivity contribution in [1.82, 2.24) is 0 Å². The Morgan fingerprint density at radius 3 is 2.75 bits per heavy atom. The molecule has 2 nitrogen and oxygen atoms in total. The first-order valence-corrected chi connectivity index (χ1v) is 6.57. The second-order valence-electron chi connectivity index (χ2n) is 4.71. The second kappa shape index (κ2) is 5.87. The molecule has 1 amide bonds. The Morgan fingerprint density at radius 2 is 2.15 bits per heavy atom. The molecule has 1 unspecified atom stereocenters. The molecule has 6 heteroatoms. The predicted molar refractivity (Wildman–Crippen MR) is 71.6 cm³/mol. The highest BCUT2D eigenvalue weighted by Crippen LogP contribution is 2.36. The third kappa shape index (κ3) is 3.76. The van der Waals surface area contributed by atoms with E-state index in [2.05, 4.69) is 5.32 Å². The van der Waals surface area contributed by atoms with Crippen molar-refractivity contribution in [3.05, 3.63) is 40.9 Å². The van der Waals surface area contributed by atoms with E-state index in [4.69, 9.17) is 11.6 Å². The van der Waals surface area contributed by atoms with Crippen LogP contribution in [0, 0.1) is 5.92 Å². The molecule has 108 valence electrons. The van der Waals surface area contributed by atoms with Crippen LogP contribution in [0.1, 0.15) is 24.8 Å². The molecular weight excluding hydrogens is 291 g/mol. The van der Waals surface area contributed by atoms with Crippen molar-refractivity contribution in [2.75, 3.05) is 5.32 Å². The van der Waals surface area contributed by atoms with E-state index in [1.807, 2.05) is 12.2 Å². The van der Waals surface area contributed by atoms with Crippen LogP contribution in [0.25, 0.3) is 0 Å². The maximum atomic E-state index is 12.7. The molecular formula is C14H13ClF3NO. The van der Waals surface area contributed by atoms with Crippen LogP contribution in [0.5, 0.6) is 0 Å². The van der Waals surface area contributed by atoms with Crippen molar-refractivity contribution >= 4 is 23.2 Å². The van der Waals surface area contributed by atoms with E-state index in [0.717, 1.165) is 25.0 Å². The van der Waals surface area contributed by atoms with Crippen LogP contribution >= 0.6 is 11.6 Å². The zero-order valence-corrected chi connectivity index (χ0v) is 11.3. The SMILES string of the molecule is O=C(CC1C=CCC1)Nc1ccc(Cl)c(C(F)(F)F)c1. The van der Waals surface area contributed by atoms with Gasteiger partial charge < -0.3 is 5.32 Å². The lowest BCUT2D eigenvalue weighted by Crippen LogP contribution is -2.15. The van der Waals surface area contributed by atoms with Crippen molar-refractivity contribution < 1.29 is 18.0 Å². The van der Waals surface area contributed by atoms with Gasteiger partial charge in [-0.25, -0.2) is 0 Å². The molecule has 2 rings (SSSR count). The van der Waals surface area contributed by atoms with Crippen molar-refractivity contribution in [1.29, 1.82) is 0 Å². The summed E-state index contributed by atoms with van der Waals surface area (Å²) in [6.07, 6.45) is 1.55.